The Kier molecular flexibility index (Phi) is 6.81. The topological polar surface area (TPSA) is 95.0 Å². The second-order valence-electron chi connectivity index (χ2n) is 12.0. The minimum Gasteiger partial charge on any atom is -0.508 e. The number of allylic oxidation sites excluding steroid dienone is 2. The maximum Gasteiger partial charge on any atom is 0.241 e. The molecule has 0 radical (unpaired) electrons. The fraction of sp³-hybridized carbons (Fsp3) is 0.273. The van der Waals surface area contributed by atoms with Gasteiger partial charge in [-0.05, 0) is 85.8 Å². The van der Waals surface area contributed by atoms with Gasteiger partial charge >= 0.3 is 0 Å². The highest BCUT2D eigenvalue weighted by Gasteiger charge is 2.67. The second-order valence-corrected chi connectivity index (χ2v) is 13.7. The highest BCUT2D eigenvalue weighted by Crippen LogP contribution is 2.64. The van der Waals surface area contributed by atoms with Gasteiger partial charge in [0, 0.05) is 15.4 Å². The minimum atomic E-state index is -1.34. The summed E-state index contributed by atoms with van der Waals surface area (Å²) < 4.78 is 14.9. The fourth-order valence-corrected chi connectivity index (χ4v) is 8.55. The van der Waals surface area contributed by atoms with Gasteiger partial charge in [-0.1, -0.05) is 56.8 Å². The first-order valence-electron chi connectivity index (χ1n) is 14.1. The van der Waals surface area contributed by atoms with E-state index in [2.05, 4.69) is 15.9 Å². The van der Waals surface area contributed by atoms with Crippen molar-refractivity contribution in [2.75, 3.05) is 9.80 Å². The molecule has 4 aliphatic rings. The summed E-state index contributed by atoms with van der Waals surface area (Å²) in [6.45, 7) is 1.72. The Hall–Kier alpha value is -3.53. The van der Waals surface area contributed by atoms with Gasteiger partial charge < -0.3 is 5.11 Å². The Morgan fingerprint density at radius 3 is 2.25 bits per heavy atom. The van der Waals surface area contributed by atoms with Crippen molar-refractivity contribution in [1.29, 1.82) is 0 Å². The molecule has 11 heteroatoms. The zero-order chi connectivity index (χ0) is 31.2. The molecule has 3 aromatic rings. The van der Waals surface area contributed by atoms with Crippen molar-refractivity contribution < 1.29 is 28.7 Å². The predicted molar refractivity (Wildman–Crippen MR) is 166 cm³/mol. The van der Waals surface area contributed by atoms with Gasteiger partial charge in [-0.2, -0.15) is 0 Å². The quantitative estimate of drug-likeness (QED) is 0.234. The van der Waals surface area contributed by atoms with Crippen LogP contribution in [0.15, 0.2) is 76.8 Å². The summed E-state index contributed by atoms with van der Waals surface area (Å²) in [6, 6.07) is 15.1. The van der Waals surface area contributed by atoms with Crippen molar-refractivity contribution in [3.8, 4) is 5.75 Å². The lowest BCUT2D eigenvalue weighted by atomic mass is 9.51. The van der Waals surface area contributed by atoms with Gasteiger partial charge in [0.15, 0.2) is 0 Å². The van der Waals surface area contributed by atoms with E-state index in [0.29, 0.717) is 11.3 Å². The average Bonchev–Trinajstić information content (AvgIpc) is 3.35. The predicted octanol–water partition coefficient (Wildman–Crippen LogP) is 7.04. The molecule has 7 nitrogen and oxygen atoms in total. The van der Waals surface area contributed by atoms with Crippen LogP contribution in [0.3, 0.4) is 0 Å². The number of carbonyl (C=O) groups excluding carboxylic acids is 4. The SMILES string of the molecule is C[C@@]12C(=O)N(c3ccc(F)c(Cl)c3)C(=O)[C@@H]1C[C@@H]1C(=CC[C@@H]3C(=O)N(c4ccc(Br)cc4)C(=O)[C@@H]31)[C@@H]2c1ccc(O)cc1Cl. The molecule has 6 atom stereocenters. The first-order valence-corrected chi connectivity index (χ1v) is 15.6. The van der Waals surface area contributed by atoms with Gasteiger partial charge in [0.1, 0.15) is 11.6 Å². The number of hydrogen-bond acceptors (Lipinski definition) is 5. The van der Waals surface area contributed by atoms with Crippen molar-refractivity contribution >= 4 is 74.1 Å². The molecule has 3 aromatic carbocycles. The first kappa shape index (κ1) is 29.2. The van der Waals surface area contributed by atoms with Crippen LogP contribution in [0.2, 0.25) is 10.0 Å². The van der Waals surface area contributed by atoms with Crippen molar-refractivity contribution in [3.63, 3.8) is 0 Å². The number of benzene rings is 3. The third-order valence-electron chi connectivity index (χ3n) is 9.82. The third-order valence-corrected chi connectivity index (χ3v) is 11.0. The summed E-state index contributed by atoms with van der Waals surface area (Å²) >= 11 is 16.1. The highest BCUT2D eigenvalue weighted by atomic mass is 79.9. The summed E-state index contributed by atoms with van der Waals surface area (Å²) in [5, 5.41) is 10.1. The Morgan fingerprint density at radius 2 is 1.57 bits per heavy atom. The number of phenolic OH excluding ortho intramolecular Hbond substituents is 1. The van der Waals surface area contributed by atoms with Gasteiger partial charge in [0.2, 0.25) is 23.6 Å². The van der Waals surface area contributed by atoms with Crippen LogP contribution in [0.4, 0.5) is 15.8 Å². The molecule has 1 saturated carbocycles. The molecule has 2 saturated heterocycles. The van der Waals surface area contributed by atoms with Crippen LogP contribution < -0.4 is 9.80 Å². The summed E-state index contributed by atoms with van der Waals surface area (Å²) in [6.07, 6.45) is 2.35. The number of anilines is 2. The van der Waals surface area contributed by atoms with Crippen molar-refractivity contribution in [1.82, 2.24) is 0 Å². The second kappa shape index (κ2) is 10.3. The lowest BCUT2D eigenvalue weighted by Crippen LogP contribution is -2.49. The number of aromatic hydroxyl groups is 1. The molecule has 0 unspecified atom stereocenters. The molecule has 4 amide bonds. The van der Waals surface area contributed by atoms with E-state index >= 15 is 0 Å². The average molecular weight is 698 g/mol. The summed E-state index contributed by atoms with van der Waals surface area (Å²) in [4.78, 5) is 58.7. The molecule has 3 fully saturated rings. The summed E-state index contributed by atoms with van der Waals surface area (Å²) in [7, 11) is 0. The van der Waals surface area contributed by atoms with E-state index in [1.54, 1.807) is 37.3 Å². The molecule has 2 aliphatic heterocycles. The molecule has 0 bridgehead atoms. The van der Waals surface area contributed by atoms with E-state index in [4.69, 9.17) is 23.2 Å². The van der Waals surface area contributed by atoms with Crippen LogP contribution in [0.1, 0.15) is 31.2 Å². The third kappa shape index (κ3) is 4.05. The van der Waals surface area contributed by atoms with Crippen LogP contribution >= 0.6 is 39.1 Å². The van der Waals surface area contributed by atoms with Crippen LogP contribution in [-0.4, -0.2) is 28.7 Å². The van der Waals surface area contributed by atoms with Gasteiger partial charge in [-0.25, -0.2) is 9.29 Å². The van der Waals surface area contributed by atoms with E-state index < -0.39 is 52.6 Å². The Bertz CT molecular complexity index is 1830. The number of nitrogens with zero attached hydrogens (tertiary/aromatic N) is 2. The maximum absolute atomic E-state index is 14.4. The molecule has 224 valence electrons. The van der Waals surface area contributed by atoms with Gasteiger partial charge in [-0.15, -0.1) is 0 Å². The molecule has 2 heterocycles. The summed E-state index contributed by atoms with van der Waals surface area (Å²) in [5.41, 5.74) is 0.542. The normalized spacial score (nSPS) is 29.5. The van der Waals surface area contributed by atoms with Crippen molar-refractivity contribution in [2.45, 2.75) is 25.7 Å². The number of phenols is 1. The van der Waals surface area contributed by atoms with E-state index in [0.717, 1.165) is 21.0 Å². The summed E-state index contributed by atoms with van der Waals surface area (Å²) in [5.74, 6) is -5.95. The molecule has 7 rings (SSSR count). The highest BCUT2D eigenvalue weighted by molar-refractivity contribution is 9.10. The molecule has 44 heavy (non-hydrogen) atoms. The monoisotopic (exact) mass is 696 g/mol. The Balaban J connectivity index is 1.37. The lowest BCUT2D eigenvalue weighted by molar-refractivity contribution is -0.131. The molecule has 2 aliphatic carbocycles. The first-order chi connectivity index (χ1) is 20.9. The molecule has 0 spiro atoms. The minimum absolute atomic E-state index is 0.0661. The zero-order valence-corrected chi connectivity index (χ0v) is 26.2. The van der Waals surface area contributed by atoms with Crippen LogP contribution in [0.25, 0.3) is 0 Å². The molecular weight excluding hydrogens is 674 g/mol. The number of amides is 4. The van der Waals surface area contributed by atoms with Crippen LogP contribution in [0, 0.1) is 34.9 Å². The maximum atomic E-state index is 14.4. The van der Waals surface area contributed by atoms with Crippen molar-refractivity contribution in [2.24, 2.45) is 29.1 Å². The largest absolute Gasteiger partial charge is 0.508 e. The van der Waals surface area contributed by atoms with E-state index in [1.807, 2.05) is 6.08 Å². The number of carbonyl (C=O) groups is 4. The zero-order valence-electron chi connectivity index (χ0n) is 23.1. The number of halogens is 4. The number of fused-ring (bicyclic) bond motifs is 4. The van der Waals surface area contributed by atoms with E-state index in [-0.39, 0.29) is 46.1 Å². The molecule has 1 N–H and O–H groups in total. The van der Waals surface area contributed by atoms with Gasteiger partial charge in [0.25, 0.3) is 0 Å². The Labute approximate surface area is 270 Å². The lowest BCUT2D eigenvalue weighted by Gasteiger charge is -2.49. The van der Waals surface area contributed by atoms with E-state index in [1.165, 1.54) is 29.2 Å². The van der Waals surface area contributed by atoms with E-state index in [9.17, 15) is 28.7 Å². The smallest absolute Gasteiger partial charge is 0.241 e. The molecular formula is C33H24BrCl2FN2O5. The number of hydrogen-bond donors (Lipinski definition) is 1. The molecule has 0 aromatic heterocycles. The van der Waals surface area contributed by atoms with Gasteiger partial charge in [-0.3, -0.25) is 24.1 Å². The van der Waals surface area contributed by atoms with Crippen LogP contribution in [0.5, 0.6) is 5.75 Å². The standard InChI is InChI=1S/C33H24BrCl2FN2O5/c1-33-23(30(42)39(32(33)44)17-6-11-26(37)25(36)12-17)14-22-19(28(33)20-8-7-18(40)13-24(20)35)9-10-21-27(22)31(43)38(29(21)41)16-4-2-15(34)3-5-16/h2-9,11-13,21-23,27-28,40H,10,14H2,1H3/t21-,22+,23-,27-,28+,33+/m0/s1. The fourth-order valence-electron chi connectivity index (χ4n) is 7.82. The van der Waals surface area contributed by atoms with Gasteiger partial charge in [0.05, 0.1) is 39.6 Å². The van der Waals surface area contributed by atoms with Crippen LogP contribution in [-0.2, 0) is 19.2 Å². The number of rotatable bonds is 3. The number of imide groups is 2. The van der Waals surface area contributed by atoms with Crippen molar-refractivity contribution in [3.05, 3.63) is 98.2 Å². The Morgan fingerprint density at radius 1 is 0.864 bits per heavy atom.